The molecule has 0 atom stereocenters. The van der Waals surface area contributed by atoms with Gasteiger partial charge in [-0.1, -0.05) is 42.5 Å². The number of fused-ring (bicyclic) bond motifs is 10. The molecule has 0 bridgehead atoms. The summed E-state index contributed by atoms with van der Waals surface area (Å²) in [6, 6.07) is 16.7. The first-order chi connectivity index (χ1) is 13.8. The summed E-state index contributed by atoms with van der Waals surface area (Å²) < 4.78 is 2.38. The first-order valence-electron chi connectivity index (χ1n) is 9.65. The van der Waals surface area contributed by atoms with Crippen LogP contribution in [0.3, 0.4) is 0 Å². The minimum atomic E-state index is 0.0228. The SMILES string of the molecule is C=CCCn1c2ccccc2c2c3c(c4c5ccccc5[nH]c4c21)C(=O)NC3. The molecule has 28 heavy (non-hydrogen) atoms. The third-order valence-corrected chi connectivity index (χ3v) is 5.98. The minimum absolute atomic E-state index is 0.0228. The van der Waals surface area contributed by atoms with Crippen LogP contribution in [0.2, 0.25) is 0 Å². The first kappa shape index (κ1) is 15.5. The van der Waals surface area contributed by atoms with Crippen molar-refractivity contribution < 1.29 is 4.79 Å². The minimum Gasteiger partial charge on any atom is -0.353 e. The second-order valence-electron chi connectivity index (χ2n) is 7.43. The number of para-hydroxylation sites is 2. The number of rotatable bonds is 3. The fourth-order valence-electron chi connectivity index (χ4n) is 4.86. The van der Waals surface area contributed by atoms with Crippen LogP contribution in [0, 0.1) is 0 Å². The highest BCUT2D eigenvalue weighted by Crippen LogP contribution is 2.43. The molecule has 0 unspecified atom stereocenters. The molecule has 0 radical (unpaired) electrons. The average Bonchev–Trinajstić information content (AvgIpc) is 3.38. The zero-order valence-electron chi connectivity index (χ0n) is 15.4. The van der Waals surface area contributed by atoms with Gasteiger partial charge in [0.15, 0.2) is 0 Å². The summed E-state index contributed by atoms with van der Waals surface area (Å²) in [7, 11) is 0. The van der Waals surface area contributed by atoms with Gasteiger partial charge in [-0.2, -0.15) is 0 Å². The van der Waals surface area contributed by atoms with Crippen molar-refractivity contribution in [2.75, 3.05) is 0 Å². The topological polar surface area (TPSA) is 49.8 Å². The van der Waals surface area contributed by atoms with E-state index in [0.29, 0.717) is 6.54 Å². The van der Waals surface area contributed by atoms with Crippen molar-refractivity contribution in [3.63, 3.8) is 0 Å². The fraction of sp³-hybridized carbons (Fsp3) is 0.125. The van der Waals surface area contributed by atoms with E-state index in [0.717, 1.165) is 45.9 Å². The lowest BCUT2D eigenvalue weighted by molar-refractivity contribution is 0.0967. The predicted octanol–water partition coefficient (Wildman–Crippen LogP) is 5.25. The van der Waals surface area contributed by atoms with Crippen molar-refractivity contribution in [3.8, 4) is 0 Å². The molecule has 1 amide bonds. The van der Waals surface area contributed by atoms with Gasteiger partial charge < -0.3 is 14.9 Å². The third kappa shape index (κ3) is 1.82. The van der Waals surface area contributed by atoms with Gasteiger partial charge in [-0.05, 0) is 24.1 Å². The molecule has 4 nitrogen and oxygen atoms in total. The number of carbonyl (C=O) groups is 1. The number of amides is 1. The van der Waals surface area contributed by atoms with E-state index in [-0.39, 0.29) is 5.91 Å². The molecule has 3 aromatic carbocycles. The van der Waals surface area contributed by atoms with Crippen LogP contribution >= 0.6 is 0 Å². The highest BCUT2D eigenvalue weighted by atomic mass is 16.1. The molecule has 0 spiro atoms. The van der Waals surface area contributed by atoms with E-state index in [4.69, 9.17) is 0 Å². The highest BCUT2D eigenvalue weighted by Gasteiger charge is 2.30. The summed E-state index contributed by atoms with van der Waals surface area (Å²) >= 11 is 0. The van der Waals surface area contributed by atoms with Crippen molar-refractivity contribution >= 4 is 49.5 Å². The Morgan fingerprint density at radius 2 is 1.82 bits per heavy atom. The van der Waals surface area contributed by atoms with Gasteiger partial charge >= 0.3 is 0 Å². The Balaban J connectivity index is 1.94. The Bertz CT molecular complexity index is 1450. The Labute approximate surface area is 161 Å². The van der Waals surface area contributed by atoms with Crippen molar-refractivity contribution in [1.29, 1.82) is 0 Å². The fourth-order valence-corrected chi connectivity index (χ4v) is 4.86. The molecule has 0 saturated heterocycles. The molecule has 2 aromatic heterocycles. The van der Waals surface area contributed by atoms with E-state index in [2.05, 4.69) is 57.8 Å². The highest BCUT2D eigenvalue weighted by molar-refractivity contribution is 6.30. The number of hydrogen-bond acceptors (Lipinski definition) is 1. The van der Waals surface area contributed by atoms with Crippen LogP contribution in [0.25, 0.3) is 43.6 Å². The van der Waals surface area contributed by atoms with Crippen molar-refractivity contribution in [2.24, 2.45) is 0 Å². The van der Waals surface area contributed by atoms with Crippen LogP contribution in [0.1, 0.15) is 22.3 Å². The summed E-state index contributed by atoms with van der Waals surface area (Å²) in [5.41, 5.74) is 6.44. The maximum Gasteiger partial charge on any atom is 0.252 e. The second-order valence-corrected chi connectivity index (χ2v) is 7.43. The van der Waals surface area contributed by atoms with Gasteiger partial charge in [0.1, 0.15) is 0 Å². The molecule has 0 fully saturated rings. The molecular weight excluding hydrogens is 346 g/mol. The zero-order chi connectivity index (χ0) is 18.8. The molecule has 3 heterocycles. The number of aryl methyl sites for hydroxylation is 1. The normalized spacial score (nSPS) is 13.6. The van der Waals surface area contributed by atoms with Crippen LogP contribution < -0.4 is 5.32 Å². The van der Waals surface area contributed by atoms with E-state index in [1.165, 1.54) is 21.8 Å². The molecular formula is C24H19N3O. The quantitative estimate of drug-likeness (QED) is 0.422. The van der Waals surface area contributed by atoms with Crippen LogP contribution in [0.15, 0.2) is 61.2 Å². The van der Waals surface area contributed by atoms with E-state index in [9.17, 15) is 4.79 Å². The van der Waals surface area contributed by atoms with Crippen LogP contribution in [-0.4, -0.2) is 15.5 Å². The Morgan fingerprint density at radius 1 is 1.04 bits per heavy atom. The number of H-pyrrole nitrogens is 1. The molecule has 0 saturated carbocycles. The second kappa shape index (κ2) is 5.49. The summed E-state index contributed by atoms with van der Waals surface area (Å²) in [6.45, 7) is 5.35. The van der Waals surface area contributed by atoms with Crippen LogP contribution in [-0.2, 0) is 13.1 Å². The van der Waals surface area contributed by atoms with Crippen molar-refractivity contribution in [2.45, 2.75) is 19.5 Å². The van der Waals surface area contributed by atoms with Crippen LogP contribution in [0.5, 0.6) is 0 Å². The maximum atomic E-state index is 12.8. The molecule has 4 heteroatoms. The van der Waals surface area contributed by atoms with Crippen molar-refractivity contribution in [1.82, 2.24) is 14.9 Å². The number of hydrogen-bond donors (Lipinski definition) is 2. The zero-order valence-corrected chi connectivity index (χ0v) is 15.4. The lowest BCUT2D eigenvalue weighted by atomic mass is 9.97. The Kier molecular flexibility index (Phi) is 3.04. The van der Waals surface area contributed by atoms with E-state index in [1.54, 1.807) is 0 Å². The van der Waals surface area contributed by atoms with E-state index < -0.39 is 0 Å². The summed E-state index contributed by atoms with van der Waals surface area (Å²) in [5, 5.41) is 7.60. The molecule has 1 aliphatic heterocycles. The number of aromatic nitrogens is 2. The number of carbonyl (C=O) groups excluding carboxylic acids is 1. The van der Waals surface area contributed by atoms with Crippen molar-refractivity contribution in [3.05, 3.63) is 72.3 Å². The number of benzene rings is 3. The molecule has 5 aromatic rings. The maximum absolute atomic E-state index is 12.8. The lowest BCUT2D eigenvalue weighted by Crippen LogP contribution is -2.12. The largest absolute Gasteiger partial charge is 0.353 e. The first-order valence-corrected chi connectivity index (χ1v) is 9.65. The lowest BCUT2D eigenvalue weighted by Gasteiger charge is -2.09. The van der Waals surface area contributed by atoms with Gasteiger partial charge in [0, 0.05) is 45.7 Å². The molecule has 6 rings (SSSR count). The van der Waals surface area contributed by atoms with Gasteiger partial charge in [0.25, 0.3) is 5.91 Å². The van der Waals surface area contributed by atoms with Gasteiger partial charge in [-0.15, -0.1) is 6.58 Å². The number of nitrogens with one attached hydrogen (secondary N) is 2. The predicted molar refractivity (Wildman–Crippen MR) is 115 cm³/mol. The van der Waals surface area contributed by atoms with E-state index >= 15 is 0 Å². The molecule has 1 aliphatic rings. The van der Waals surface area contributed by atoms with Crippen LogP contribution in [0.4, 0.5) is 0 Å². The monoisotopic (exact) mass is 365 g/mol. The van der Waals surface area contributed by atoms with Gasteiger partial charge in [-0.3, -0.25) is 4.79 Å². The molecule has 136 valence electrons. The van der Waals surface area contributed by atoms with Gasteiger partial charge in [0.2, 0.25) is 0 Å². The summed E-state index contributed by atoms with van der Waals surface area (Å²) in [4.78, 5) is 16.5. The number of aromatic amines is 1. The standard InChI is InChI=1S/C24H19N3O/c1-2-3-12-27-18-11-7-5-9-15(18)19-16-13-25-24(28)21(16)20-14-8-4-6-10-17(14)26-22(20)23(19)27/h2,4-11,26H,1,3,12-13H2,(H,25,28). The average molecular weight is 365 g/mol. The summed E-state index contributed by atoms with van der Waals surface area (Å²) in [5.74, 6) is 0.0228. The Morgan fingerprint density at radius 3 is 2.68 bits per heavy atom. The smallest absolute Gasteiger partial charge is 0.252 e. The summed E-state index contributed by atoms with van der Waals surface area (Å²) in [6.07, 6.45) is 2.85. The Hall–Kier alpha value is -3.53. The van der Waals surface area contributed by atoms with Gasteiger partial charge in [0.05, 0.1) is 16.6 Å². The molecule has 0 aliphatic carbocycles. The van der Waals surface area contributed by atoms with Gasteiger partial charge in [-0.25, -0.2) is 0 Å². The molecule has 2 N–H and O–H groups in total. The number of nitrogens with zero attached hydrogens (tertiary/aromatic N) is 1. The number of allylic oxidation sites excluding steroid dienone is 1. The third-order valence-electron chi connectivity index (χ3n) is 5.98. The van der Waals surface area contributed by atoms with E-state index in [1.807, 2.05) is 18.2 Å².